The monoisotopic (exact) mass is 251 g/mol. The summed E-state index contributed by atoms with van der Waals surface area (Å²) in [5.74, 6) is -1.37. The van der Waals surface area contributed by atoms with Crippen molar-refractivity contribution in [2.75, 3.05) is 5.73 Å². The van der Waals surface area contributed by atoms with Gasteiger partial charge in [0.05, 0.1) is 5.56 Å². The van der Waals surface area contributed by atoms with Crippen LogP contribution in [0, 0.1) is 11.6 Å². The van der Waals surface area contributed by atoms with Gasteiger partial charge in [0.2, 0.25) is 0 Å². The van der Waals surface area contributed by atoms with E-state index in [-0.39, 0.29) is 17.2 Å². The molecule has 94 valence electrons. The third kappa shape index (κ3) is 2.22. The minimum Gasteiger partial charge on any atom is -0.383 e. The number of nitrogens with one attached hydrogen (secondary N) is 1. The molecule has 4 nitrogen and oxygen atoms in total. The van der Waals surface area contributed by atoms with Crippen molar-refractivity contribution in [3.05, 3.63) is 45.8 Å². The Balaban J connectivity index is 2.61. The summed E-state index contributed by atoms with van der Waals surface area (Å²) in [6.45, 7) is 1.77. The van der Waals surface area contributed by atoms with E-state index in [1.165, 1.54) is 0 Å². The highest BCUT2D eigenvalue weighted by Gasteiger charge is 2.10. The third-order valence-corrected chi connectivity index (χ3v) is 2.54. The zero-order valence-electron chi connectivity index (χ0n) is 9.63. The minimum absolute atomic E-state index is 0.0492. The molecular formula is C12H11F2N3O. The number of anilines is 1. The molecule has 0 aliphatic carbocycles. The summed E-state index contributed by atoms with van der Waals surface area (Å²) in [4.78, 5) is 18.1. The molecule has 0 unspecified atom stereocenters. The van der Waals surface area contributed by atoms with Gasteiger partial charge in [0, 0.05) is 11.6 Å². The van der Waals surface area contributed by atoms with Gasteiger partial charge >= 0.3 is 0 Å². The molecule has 0 atom stereocenters. The minimum atomic E-state index is -0.745. The summed E-state index contributed by atoms with van der Waals surface area (Å²) in [7, 11) is 0. The van der Waals surface area contributed by atoms with E-state index >= 15 is 0 Å². The van der Waals surface area contributed by atoms with Crippen molar-refractivity contribution in [1.29, 1.82) is 0 Å². The number of H-pyrrole nitrogens is 1. The highest BCUT2D eigenvalue weighted by molar-refractivity contribution is 5.57. The van der Waals surface area contributed by atoms with Crippen molar-refractivity contribution in [2.24, 2.45) is 0 Å². The molecule has 1 heterocycles. The molecule has 0 amide bonds. The Hall–Kier alpha value is -2.24. The maximum atomic E-state index is 13.1. The van der Waals surface area contributed by atoms with E-state index in [1.54, 1.807) is 6.92 Å². The zero-order chi connectivity index (χ0) is 13.3. The zero-order valence-corrected chi connectivity index (χ0v) is 9.63. The van der Waals surface area contributed by atoms with E-state index in [2.05, 4.69) is 9.97 Å². The molecular weight excluding hydrogens is 240 g/mol. The summed E-state index contributed by atoms with van der Waals surface area (Å²) in [6, 6.07) is 2.89. The molecule has 0 saturated carbocycles. The molecule has 0 saturated heterocycles. The number of halogens is 2. The topological polar surface area (TPSA) is 71.8 Å². The van der Waals surface area contributed by atoms with Crippen LogP contribution in [0.25, 0.3) is 11.4 Å². The number of hydrogen-bond donors (Lipinski definition) is 2. The number of nitrogen functional groups attached to an aromatic ring is 1. The Morgan fingerprint density at radius 3 is 2.39 bits per heavy atom. The van der Waals surface area contributed by atoms with Crippen LogP contribution in [-0.2, 0) is 6.42 Å². The number of rotatable bonds is 2. The Morgan fingerprint density at radius 1 is 1.28 bits per heavy atom. The average Bonchev–Trinajstić information content (AvgIpc) is 2.27. The van der Waals surface area contributed by atoms with Gasteiger partial charge in [0.15, 0.2) is 0 Å². The van der Waals surface area contributed by atoms with E-state index in [0.717, 1.165) is 18.2 Å². The fourth-order valence-electron chi connectivity index (χ4n) is 1.68. The molecule has 0 aliphatic rings. The van der Waals surface area contributed by atoms with Crippen LogP contribution >= 0.6 is 0 Å². The van der Waals surface area contributed by atoms with Crippen molar-refractivity contribution in [2.45, 2.75) is 13.3 Å². The van der Waals surface area contributed by atoms with Crippen molar-refractivity contribution in [3.63, 3.8) is 0 Å². The highest BCUT2D eigenvalue weighted by Crippen LogP contribution is 2.18. The van der Waals surface area contributed by atoms with Gasteiger partial charge in [-0.25, -0.2) is 13.8 Å². The van der Waals surface area contributed by atoms with E-state index in [0.29, 0.717) is 12.0 Å². The fourth-order valence-corrected chi connectivity index (χ4v) is 1.68. The van der Waals surface area contributed by atoms with Crippen LogP contribution in [0.4, 0.5) is 14.6 Å². The lowest BCUT2D eigenvalue weighted by atomic mass is 10.2. The van der Waals surface area contributed by atoms with Crippen LogP contribution in [0.15, 0.2) is 23.0 Å². The van der Waals surface area contributed by atoms with Crippen molar-refractivity contribution >= 4 is 5.82 Å². The van der Waals surface area contributed by atoms with Gasteiger partial charge in [-0.2, -0.15) is 0 Å². The van der Waals surface area contributed by atoms with Gasteiger partial charge in [-0.1, -0.05) is 6.92 Å². The first kappa shape index (κ1) is 12.2. The number of aromatic amines is 1. The number of benzene rings is 1. The Morgan fingerprint density at radius 2 is 1.89 bits per heavy atom. The molecule has 18 heavy (non-hydrogen) atoms. The van der Waals surface area contributed by atoms with Gasteiger partial charge in [0.25, 0.3) is 5.56 Å². The third-order valence-electron chi connectivity index (χ3n) is 2.54. The second-order valence-corrected chi connectivity index (χ2v) is 3.79. The van der Waals surface area contributed by atoms with Crippen LogP contribution in [-0.4, -0.2) is 9.97 Å². The quantitative estimate of drug-likeness (QED) is 0.855. The van der Waals surface area contributed by atoms with Crippen LogP contribution in [0.5, 0.6) is 0 Å². The van der Waals surface area contributed by atoms with Crippen molar-refractivity contribution in [3.8, 4) is 11.4 Å². The normalized spacial score (nSPS) is 10.6. The second kappa shape index (κ2) is 4.56. The predicted molar refractivity (Wildman–Crippen MR) is 64.0 cm³/mol. The van der Waals surface area contributed by atoms with Crippen LogP contribution in [0.3, 0.4) is 0 Å². The second-order valence-electron chi connectivity index (χ2n) is 3.79. The standard InChI is InChI=1S/C12H11F2N3O/c1-2-9-10(15)16-11(17-12(9)18)6-3-7(13)5-8(14)4-6/h3-5H,2H2,1H3,(H3,15,16,17,18). The number of hydrogen-bond acceptors (Lipinski definition) is 3. The average molecular weight is 251 g/mol. The summed E-state index contributed by atoms with van der Waals surface area (Å²) in [5.41, 5.74) is 5.72. The first-order valence-electron chi connectivity index (χ1n) is 5.36. The van der Waals surface area contributed by atoms with E-state index in [4.69, 9.17) is 5.73 Å². The lowest BCUT2D eigenvalue weighted by Crippen LogP contribution is -2.17. The summed E-state index contributed by atoms with van der Waals surface area (Å²) >= 11 is 0. The molecule has 3 N–H and O–H groups in total. The Kier molecular flexibility index (Phi) is 3.10. The summed E-state index contributed by atoms with van der Waals surface area (Å²) in [5, 5.41) is 0. The van der Waals surface area contributed by atoms with Gasteiger partial charge < -0.3 is 10.7 Å². The molecule has 1 aromatic carbocycles. The lowest BCUT2D eigenvalue weighted by molar-refractivity contribution is 0.584. The van der Waals surface area contributed by atoms with Gasteiger partial charge in [-0.05, 0) is 18.6 Å². The van der Waals surface area contributed by atoms with Gasteiger partial charge in [-0.15, -0.1) is 0 Å². The SMILES string of the molecule is CCc1c(N)nc(-c2cc(F)cc(F)c2)[nH]c1=O. The van der Waals surface area contributed by atoms with Gasteiger partial charge in [0.1, 0.15) is 23.3 Å². The Bertz CT molecular complexity index is 632. The molecule has 0 aliphatic heterocycles. The maximum Gasteiger partial charge on any atom is 0.256 e. The summed E-state index contributed by atoms with van der Waals surface area (Å²) in [6.07, 6.45) is 0.436. The molecule has 1 aromatic heterocycles. The molecule has 0 fully saturated rings. The number of nitrogens with two attached hydrogens (primary N) is 1. The van der Waals surface area contributed by atoms with E-state index < -0.39 is 17.2 Å². The number of aromatic nitrogens is 2. The molecule has 0 radical (unpaired) electrons. The first-order chi connectivity index (χ1) is 8.51. The molecule has 2 aromatic rings. The molecule has 0 spiro atoms. The molecule has 6 heteroatoms. The fraction of sp³-hybridized carbons (Fsp3) is 0.167. The van der Waals surface area contributed by atoms with E-state index in [9.17, 15) is 13.6 Å². The highest BCUT2D eigenvalue weighted by atomic mass is 19.1. The van der Waals surface area contributed by atoms with Crippen LogP contribution in [0.1, 0.15) is 12.5 Å². The maximum absolute atomic E-state index is 13.1. The van der Waals surface area contributed by atoms with Crippen LogP contribution < -0.4 is 11.3 Å². The lowest BCUT2D eigenvalue weighted by Gasteiger charge is -2.05. The summed E-state index contributed by atoms with van der Waals surface area (Å²) < 4.78 is 26.1. The van der Waals surface area contributed by atoms with Gasteiger partial charge in [-0.3, -0.25) is 4.79 Å². The van der Waals surface area contributed by atoms with Crippen LogP contribution in [0.2, 0.25) is 0 Å². The van der Waals surface area contributed by atoms with E-state index in [1.807, 2.05) is 0 Å². The number of nitrogens with zero attached hydrogens (tertiary/aromatic N) is 1. The smallest absolute Gasteiger partial charge is 0.256 e. The Labute approximate surface area is 101 Å². The van der Waals surface area contributed by atoms with Crippen molar-refractivity contribution in [1.82, 2.24) is 9.97 Å². The molecule has 2 rings (SSSR count). The first-order valence-corrected chi connectivity index (χ1v) is 5.36. The molecule has 0 bridgehead atoms. The van der Waals surface area contributed by atoms with Crippen molar-refractivity contribution < 1.29 is 8.78 Å². The largest absolute Gasteiger partial charge is 0.383 e. The predicted octanol–water partition coefficient (Wildman–Crippen LogP) is 1.86.